The van der Waals surface area contributed by atoms with E-state index in [4.69, 9.17) is 4.74 Å². The Bertz CT molecular complexity index is 558. The normalized spacial score (nSPS) is 11.3. The van der Waals surface area contributed by atoms with Crippen LogP contribution in [0.5, 0.6) is 0 Å². The van der Waals surface area contributed by atoms with E-state index in [1.54, 1.807) is 0 Å². The van der Waals surface area contributed by atoms with Gasteiger partial charge in [-0.15, -0.1) is 0 Å². The van der Waals surface area contributed by atoms with Crippen molar-refractivity contribution in [1.29, 1.82) is 0 Å². The van der Waals surface area contributed by atoms with Crippen molar-refractivity contribution in [3.05, 3.63) is 28.3 Å². The standard InChI is InChI=1S/C10H15N3O5S/c1-11-19(16,17)8-3-4-9(12-5-6-18-2)10(7-8)13(14)15/h3-4,7,11-12H,5-6H2,1-2H3. The lowest BCUT2D eigenvalue weighted by Gasteiger charge is -2.08. The van der Waals surface area contributed by atoms with Gasteiger partial charge in [0.1, 0.15) is 5.69 Å². The first-order chi connectivity index (χ1) is 8.92. The highest BCUT2D eigenvalue weighted by Crippen LogP contribution is 2.27. The Kier molecular flexibility index (Phi) is 5.21. The lowest BCUT2D eigenvalue weighted by atomic mass is 10.2. The molecular weight excluding hydrogens is 274 g/mol. The van der Waals surface area contributed by atoms with Crippen molar-refractivity contribution in [2.45, 2.75) is 4.90 Å². The lowest BCUT2D eigenvalue weighted by Crippen LogP contribution is -2.19. The van der Waals surface area contributed by atoms with Crippen LogP contribution in [0.4, 0.5) is 11.4 Å². The molecule has 1 rings (SSSR count). The van der Waals surface area contributed by atoms with Gasteiger partial charge in [-0.1, -0.05) is 0 Å². The third kappa shape index (κ3) is 3.88. The van der Waals surface area contributed by atoms with Crippen LogP contribution >= 0.6 is 0 Å². The van der Waals surface area contributed by atoms with Crippen LogP contribution < -0.4 is 10.0 Å². The van der Waals surface area contributed by atoms with E-state index in [9.17, 15) is 18.5 Å². The predicted octanol–water partition coefficient (Wildman–Crippen LogP) is 0.561. The Morgan fingerprint density at radius 1 is 1.42 bits per heavy atom. The Balaban J connectivity index is 3.12. The van der Waals surface area contributed by atoms with Crippen molar-refractivity contribution in [3.63, 3.8) is 0 Å². The number of methoxy groups -OCH3 is 1. The van der Waals surface area contributed by atoms with Crippen LogP contribution in [-0.2, 0) is 14.8 Å². The Morgan fingerprint density at radius 3 is 2.63 bits per heavy atom. The molecule has 0 spiro atoms. The molecule has 0 unspecified atom stereocenters. The summed E-state index contributed by atoms with van der Waals surface area (Å²) >= 11 is 0. The van der Waals surface area contributed by atoms with Crippen molar-refractivity contribution < 1.29 is 18.1 Å². The van der Waals surface area contributed by atoms with Gasteiger partial charge in [0.15, 0.2) is 0 Å². The summed E-state index contributed by atoms with van der Waals surface area (Å²) in [5.41, 5.74) is -0.0514. The number of hydrogen-bond donors (Lipinski definition) is 2. The number of nitro groups is 1. The molecule has 0 atom stereocenters. The van der Waals surface area contributed by atoms with Crippen LogP contribution in [0.2, 0.25) is 0 Å². The van der Waals surface area contributed by atoms with Gasteiger partial charge in [0.05, 0.1) is 16.4 Å². The largest absolute Gasteiger partial charge is 0.383 e. The molecule has 0 amide bonds. The molecule has 8 nitrogen and oxygen atoms in total. The first-order valence-electron chi connectivity index (χ1n) is 5.37. The van der Waals surface area contributed by atoms with E-state index in [2.05, 4.69) is 10.0 Å². The zero-order chi connectivity index (χ0) is 14.5. The van der Waals surface area contributed by atoms with Crippen molar-refractivity contribution in [2.75, 3.05) is 32.6 Å². The molecule has 0 heterocycles. The molecule has 106 valence electrons. The lowest BCUT2D eigenvalue weighted by molar-refractivity contribution is -0.384. The average molecular weight is 289 g/mol. The van der Waals surface area contributed by atoms with Crippen molar-refractivity contribution >= 4 is 21.4 Å². The summed E-state index contributed by atoms with van der Waals surface area (Å²) in [6, 6.07) is 3.67. The predicted molar refractivity (Wildman–Crippen MR) is 69.7 cm³/mol. The number of rotatable bonds is 7. The quantitative estimate of drug-likeness (QED) is 0.431. The maximum atomic E-state index is 11.6. The number of nitrogens with zero attached hydrogens (tertiary/aromatic N) is 1. The van der Waals surface area contributed by atoms with Gasteiger partial charge in [-0.05, 0) is 19.2 Å². The molecule has 0 aromatic heterocycles. The van der Waals surface area contributed by atoms with Crippen LogP contribution in [0.25, 0.3) is 0 Å². The second kappa shape index (κ2) is 6.45. The van der Waals surface area contributed by atoms with E-state index in [0.717, 1.165) is 6.07 Å². The first-order valence-corrected chi connectivity index (χ1v) is 6.85. The van der Waals surface area contributed by atoms with Crippen molar-refractivity contribution in [2.24, 2.45) is 0 Å². The number of anilines is 1. The van der Waals surface area contributed by atoms with Gasteiger partial charge in [0.2, 0.25) is 10.0 Å². The average Bonchev–Trinajstić information content (AvgIpc) is 2.39. The number of nitrogens with one attached hydrogen (secondary N) is 2. The van der Waals surface area contributed by atoms with Gasteiger partial charge in [0.25, 0.3) is 5.69 Å². The number of nitro benzene ring substituents is 1. The summed E-state index contributed by atoms with van der Waals surface area (Å²) in [6.45, 7) is 0.767. The minimum absolute atomic E-state index is 0.154. The van der Waals surface area contributed by atoms with E-state index in [0.29, 0.717) is 13.2 Å². The van der Waals surface area contributed by atoms with Crippen LogP contribution in [0, 0.1) is 10.1 Å². The zero-order valence-corrected chi connectivity index (χ0v) is 11.4. The third-order valence-electron chi connectivity index (χ3n) is 2.37. The summed E-state index contributed by atoms with van der Waals surface area (Å²) in [4.78, 5) is 10.2. The van der Waals surface area contributed by atoms with Crippen LogP contribution in [0.15, 0.2) is 23.1 Å². The summed E-state index contributed by atoms with van der Waals surface area (Å²) in [5, 5.41) is 13.8. The summed E-state index contributed by atoms with van der Waals surface area (Å²) in [5.74, 6) is 0. The smallest absolute Gasteiger partial charge is 0.293 e. The van der Waals surface area contributed by atoms with E-state index in [1.165, 1.54) is 26.3 Å². The molecule has 0 aliphatic heterocycles. The molecule has 0 aliphatic rings. The molecular formula is C10H15N3O5S. The minimum Gasteiger partial charge on any atom is -0.383 e. The van der Waals surface area contributed by atoms with Gasteiger partial charge in [-0.2, -0.15) is 0 Å². The molecule has 0 fully saturated rings. The van der Waals surface area contributed by atoms with Crippen LogP contribution in [0.1, 0.15) is 0 Å². The molecule has 2 N–H and O–H groups in total. The maximum absolute atomic E-state index is 11.6. The molecule has 19 heavy (non-hydrogen) atoms. The minimum atomic E-state index is -3.70. The van der Waals surface area contributed by atoms with Crippen LogP contribution in [0.3, 0.4) is 0 Å². The van der Waals surface area contributed by atoms with Crippen molar-refractivity contribution in [1.82, 2.24) is 4.72 Å². The van der Waals surface area contributed by atoms with Crippen molar-refractivity contribution in [3.8, 4) is 0 Å². The molecule has 0 bridgehead atoms. The second-order valence-corrected chi connectivity index (χ2v) is 5.45. The van der Waals surface area contributed by atoms with Gasteiger partial charge in [-0.3, -0.25) is 10.1 Å². The molecule has 9 heteroatoms. The highest BCUT2D eigenvalue weighted by molar-refractivity contribution is 7.89. The molecule has 1 aromatic carbocycles. The molecule has 1 aromatic rings. The van der Waals surface area contributed by atoms with E-state index in [-0.39, 0.29) is 16.3 Å². The molecule has 0 radical (unpaired) electrons. The fourth-order valence-corrected chi connectivity index (χ4v) is 2.13. The number of ether oxygens (including phenoxy) is 1. The monoisotopic (exact) mass is 289 g/mol. The summed E-state index contributed by atoms with van der Waals surface area (Å²) < 4.78 is 30.1. The Hall–Kier alpha value is -1.71. The topological polar surface area (TPSA) is 111 Å². The number of hydrogen-bond acceptors (Lipinski definition) is 6. The fourth-order valence-electron chi connectivity index (χ4n) is 1.38. The molecule has 0 saturated carbocycles. The third-order valence-corrected chi connectivity index (χ3v) is 3.78. The second-order valence-electron chi connectivity index (χ2n) is 3.56. The fraction of sp³-hybridized carbons (Fsp3) is 0.400. The van der Waals surface area contributed by atoms with Gasteiger partial charge < -0.3 is 10.1 Å². The van der Waals surface area contributed by atoms with E-state index < -0.39 is 14.9 Å². The highest BCUT2D eigenvalue weighted by Gasteiger charge is 2.19. The zero-order valence-electron chi connectivity index (χ0n) is 10.5. The summed E-state index contributed by atoms with van der Waals surface area (Å²) in [7, 11) is -0.948. The van der Waals surface area contributed by atoms with Crippen LogP contribution in [-0.4, -0.2) is 40.7 Å². The molecule has 0 aliphatic carbocycles. The van der Waals surface area contributed by atoms with Gasteiger partial charge >= 0.3 is 0 Å². The first kappa shape index (κ1) is 15.3. The molecule has 0 saturated heterocycles. The van der Waals surface area contributed by atoms with E-state index in [1.807, 2.05) is 0 Å². The maximum Gasteiger partial charge on any atom is 0.293 e. The number of sulfonamides is 1. The van der Waals surface area contributed by atoms with E-state index >= 15 is 0 Å². The summed E-state index contributed by atoms with van der Waals surface area (Å²) in [6.07, 6.45) is 0. The SMILES string of the molecule is CNS(=O)(=O)c1ccc(NCCOC)c([N+](=O)[O-])c1. The highest BCUT2D eigenvalue weighted by atomic mass is 32.2. The Morgan fingerprint density at radius 2 is 2.11 bits per heavy atom. The van der Waals surface area contributed by atoms with Gasteiger partial charge in [-0.25, -0.2) is 13.1 Å². The van der Waals surface area contributed by atoms with Gasteiger partial charge in [0, 0.05) is 19.7 Å². The Labute approximate surface area is 111 Å². The number of benzene rings is 1.